The van der Waals surface area contributed by atoms with Gasteiger partial charge >= 0.3 is 0 Å². The van der Waals surface area contributed by atoms with Gasteiger partial charge in [-0.05, 0) is 61.9 Å². The van der Waals surface area contributed by atoms with Crippen molar-refractivity contribution in [3.63, 3.8) is 0 Å². The summed E-state index contributed by atoms with van der Waals surface area (Å²) in [5, 5.41) is 4.19. The fraction of sp³-hybridized carbons (Fsp3) is 0.222. The van der Waals surface area contributed by atoms with Crippen molar-refractivity contribution >= 4 is 5.78 Å². The highest BCUT2D eigenvalue weighted by Gasteiger charge is 2.15. The van der Waals surface area contributed by atoms with Crippen LogP contribution in [0, 0.1) is 6.92 Å². The molecule has 1 aromatic heterocycles. The van der Waals surface area contributed by atoms with Gasteiger partial charge in [-0.1, -0.05) is 47.6 Å². The van der Waals surface area contributed by atoms with E-state index in [9.17, 15) is 4.79 Å². The van der Waals surface area contributed by atoms with E-state index in [1.54, 1.807) is 14.0 Å². The zero-order valence-corrected chi connectivity index (χ0v) is 19.3. The summed E-state index contributed by atoms with van der Waals surface area (Å²) < 4.78 is 11.2. The van der Waals surface area contributed by atoms with Gasteiger partial charge in [-0.3, -0.25) is 9.69 Å². The maximum absolute atomic E-state index is 11.4. The second-order valence-corrected chi connectivity index (χ2v) is 8.23. The number of ketones is 1. The summed E-state index contributed by atoms with van der Waals surface area (Å²) in [6, 6.07) is 22.1. The van der Waals surface area contributed by atoms with Crippen LogP contribution >= 0.6 is 0 Å². The number of methoxy groups -OCH3 is 1. The molecule has 0 saturated carbocycles. The van der Waals surface area contributed by atoms with Crippen molar-refractivity contribution in [2.24, 2.45) is 0 Å². The molecule has 168 valence electrons. The number of hydrogen-bond donors (Lipinski definition) is 0. The SMILES string of the molecule is COc1cc(-c2nc(-c3cccc(CN(C)CC(C)=O)c3)no2)ccc1-c1ccccc1C. The van der Waals surface area contributed by atoms with E-state index in [1.807, 2.05) is 66.5 Å². The number of carbonyl (C=O) groups is 1. The molecule has 3 aromatic carbocycles. The van der Waals surface area contributed by atoms with Crippen LogP contribution in [-0.2, 0) is 11.3 Å². The molecule has 0 spiro atoms. The van der Waals surface area contributed by atoms with Gasteiger partial charge in [0.25, 0.3) is 5.89 Å². The Bertz CT molecular complexity index is 1280. The lowest BCUT2D eigenvalue weighted by molar-refractivity contribution is -0.117. The van der Waals surface area contributed by atoms with Crippen LogP contribution in [0.25, 0.3) is 34.0 Å². The third kappa shape index (κ3) is 5.18. The second-order valence-electron chi connectivity index (χ2n) is 8.23. The summed E-state index contributed by atoms with van der Waals surface area (Å²) in [4.78, 5) is 17.9. The summed E-state index contributed by atoms with van der Waals surface area (Å²) in [6.45, 7) is 4.75. The molecule has 0 saturated heterocycles. The summed E-state index contributed by atoms with van der Waals surface area (Å²) in [5.41, 5.74) is 6.05. The zero-order valence-electron chi connectivity index (χ0n) is 19.3. The smallest absolute Gasteiger partial charge is 0.258 e. The van der Waals surface area contributed by atoms with Crippen molar-refractivity contribution < 1.29 is 14.1 Å². The summed E-state index contributed by atoms with van der Waals surface area (Å²) >= 11 is 0. The minimum atomic E-state index is 0.139. The molecule has 0 atom stereocenters. The molecule has 0 bridgehead atoms. The summed E-state index contributed by atoms with van der Waals surface area (Å²) in [5.74, 6) is 1.83. The Morgan fingerprint density at radius 2 is 1.82 bits per heavy atom. The summed E-state index contributed by atoms with van der Waals surface area (Å²) in [7, 11) is 3.59. The largest absolute Gasteiger partial charge is 0.496 e. The van der Waals surface area contributed by atoms with Gasteiger partial charge in [0.2, 0.25) is 5.82 Å². The van der Waals surface area contributed by atoms with E-state index in [0.29, 0.717) is 24.8 Å². The maximum atomic E-state index is 11.4. The highest BCUT2D eigenvalue weighted by atomic mass is 16.5. The van der Waals surface area contributed by atoms with Crippen LogP contribution in [0.2, 0.25) is 0 Å². The van der Waals surface area contributed by atoms with Gasteiger partial charge in [-0.15, -0.1) is 0 Å². The van der Waals surface area contributed by atoms with Crippen molar-refractivity contribution in [1.82, 2.24) is 15.0 Å². The molecule has 4 aromatic rings. The van der Waals surface area contributed by atoms with E-state index in [2.05, 4.69) is 29.2 Å². The molecule has 0 unspecified atom stereocenters. The first-order chi connectivity index (χ1) is 15.9. The minimum absolute atomic E-state index is 0.139. The van der Waals surface area contributed by atoms with E-state index >= 15 is 0 Å². The van der Waals surface area contributed by atoms with Gasteiger partial charge in [0.15, 0.2) is 0 Å². The monoisotopic (exact) mass is 441 g/mol. The number of likely N-dealkylation sites (N-methyl/N-ethyl adjacent to an activating group) is 1. The Morgan fingerprint density at radius 3 is 2.58 bits per heavy atom. The highest BCUT2D eigenvalue weighted by molar-refractivity contribution is 5.78. The first kappa shape index (κ1) is 22.4. The lowest BCUT2D eigenvalue weighted by Crippen LogP contribution is -2.23. The van der Waals surface area contributed by atoms with E-state index in [-0.39, 0.29) is 5.78 Å². The number of aryl methyl sites for hydroxylation is 1. The molecule has 0 aliphatic carbocycles. The number of rotatable bonds is 8. The predicted molar refractivity (Wildman–Crippen MR) is 129 cm³/mol. The van der Waals surface area contributed by atoms with Crippen LogP contribution in [0.5, 0.6) is 5.75 Å². The lowest BCUT2D eigenvalue weighted by Gasteiger charge is -2.14. The number of nitrogens with zero attached hydrogens (tertiary/aromatic N) is 3. The van der Waals surface area contributed by atoms with Gasteiger partial charge in [0, 0.05) is 23.2 Å². The molecule has 4 rings (SSSR count). The first-order valence-electron chi connectivity index (χ1n) is 10.8. The number of aromatic nitrogens is 2. The van der Waals surface area contributed by atoms with Gasteiger partial charge < -0.3 is 9.26 Å². The Kier molecular flexibility index (Phi) is 6.66. The zero-order chi connectivity index (χ0) is 23.4. The third-order valence-electron chi connectivity index (χ3n) is 5.44. The molecule has 0 radical (unpaired) electrons. The number of benzene rings is 3. The Balaban J connectivity index is 1.59. The van der Waals surface area contributed by atoms with Crippen LogP contribution < -0.4 is 4.74 Å². The quantitative estimate of drug-likeness (QED) is 0.364. The molecule has 0 aliphatic heterocycles. The number of carbonyl (C=O) groups excluding carboxylic acids is 1. The van der Waals surface area contributed by atoms with E-state index in [1.165, 1.54) is 5.56 Å². The average Bonchev–Trinajstić information content (AvgIpc) is 3.29. The van der Waals surface area contributed by atoms with Gasteiger partial charge in [0.05, 0.1) is 13.7 Å². The molecular weight excluding hydrogens is 414 g/mol. The summed E-state index contributed by atoms with van der Waals surface area (Å²) in [6.07, 6.45) is 0. The van der Waals surface area contributed by atoms with Crippen molar-refractivity contribution in [2.75, 3.05) is 20.7 Å². The molecular formula is C27H27N3O3. The van der Waals surface area contributed by atoms with Gasteiger partial charge in [-0.25, -0.2) is 0 Å². The molecule has 6 nitrogen and oxygen atoms in total. The fourth-order valence-corrected chi connectivity index (χ4v) is 3.94. The molecule has 0 amide bonds. The standard InChI is InChI=1S/C27H27N3O3/c1-18-8-5-6-11-23(18)24-13-12-22(15-25(24)32-4)27-28-26(29-33-27)21-10-7-9-20(14-21)17-30(3)16-19(2)31/h5-15H,16-17H2,1-4H3. The second kappa shape index (κ2) is 9.79. The van der Waals surface area contributed by atoms with E-state index in [0.717, 1.165) is 33.6 Å². The maximum Gasteiger partial charge on any atom is 0.258 e. The number of Topliss-reactive ketones (excluding diaryl/α,β-unsaturated/α-hetero) is 1. The van der Waals surface area contributed by atoms with E-state index in [4.69, 9.17) is 9.26 Å². The van der Waals surface area contributed by atoms with Crippen LogP contribution in [-0.4, -0.2) is 41.5 Å². The molecule has 6 heteroatoms. The topological polar surface area (TPSA) is 68.5 Å². The molecule has 1 heterocycles. The van der Waals surface area contributed by atoms with Gasteiger partial charge in [-0.2, -0.15) is 4.98 Å². The number of hydrogen-bond acceptors (Lipinski definition) is 6. The normalized spacial score (nSPS) is 11.1. The van der Waals surface area contributed by atoms with Crippen molar-refractivity contribution in [1.29, 1.82) is 0 Å². The first-order valence-corrected chi connectivity index (χ1v) is 10.8. The van der Waals surface area contributed by atoms with E-state index < -0.39 is 0 Å². The van der Waals surface area contributed by atoms with Crippen molar-refractivity contribution in [3.05, 3.63) is 77.9 Å². The lowest BCUT2D eigenvalue weighted by atomic mass is 9.98. The molecule has 33 heavy (non-hydrogen) atoms. The van der Waals surface area contributed by atoms with Crippen LogP contribution in [0.15, 0.2) is 71.3 Å². The van der Waals surface area contributed by atoms with Gasteiger partial charge in [0.1, 0.15) is 11.5 Å². The Hall–Kier alpha value is -3.77. The Labute approximate surface area is 193 Å². The minimum Gasteiger partial charge on any atom is -0.496 e. The van der Waals surface area contributed by atoms with Crippen molar-refractivity contribution in [3.8, 4) is 39.7 Å². The van der Waals surface area contributed by atoms with Crippen LogP contribution in [0.1, 0.15) is 18.1 Å². The third-order valence-corrected chi connectivity index (χ3v) is 5.44. The van der Waals surface area contributed by atoms with Crippen LogP contribution in [0.3, 0.4) is 0 Å². The van der Waals surface area contributed by atoms with Crippen molar-refractivity contribution in [2.45, 2.75) is 20.4 Å². The molecule has 0 N–H and O–H groups in total. The number of ether oxygens (including phenoxy) is 1. The fourth-order valence-electron chi connectivity index (χ4n) is 3.94. The van der Waals surface area contributed by atoms with Crippen LogP contribution in [0.4, 0.5) is 0 Å². The Morgan fingerprint density at radius 1 is 1.00 bits per heavy atom. The average molecular weight is 442 g/mol. The molecule has 0 fully saturated rings. The molecule has 0 aliphatic rings. The highest BCUT2D eigenvalue weighted by Crippen LogP contribution is 2.35. The predicted octanol–water partition coefficient (Wildman–Crippen LogP) is 5.41.